The number of hydrogen-bond donors (Lipinski definition) is 1. The van der Waals surface area contributed by atoms with Gasteiger partial charge in [0.1, 0.15) is 0 Å². The van der Waals surface area contributed by atoms with Crippen LogP contribution >= 0.6 is 24.0 Å². The number of aliphatic imine (C=N–C) groups is 1. The second-order valence-electron chi connectivity index (χ2n) is 7.96. The number of sulfonamides is 1. The van der Waals surface area contributed by atoms with Gasteiger partial charge in [0.15, 0.2) is 5.96 Å². The molecular formula is C21H36IN5O2S. The third kappa shape index (κ3) is 6.30. The molecule has 0 amide bonds. The summed E-state index contributed by atoms with van der Waals surface area (Å²) in [5, 5.41) is 3.42. The maximum Gasteiger partial charge on any atom is 0.211 e. The quantitative estimate of drug-likeness (QED) is 0.336. The lowest BCUT2D eigenvalue weighted by atomic mass is 10.0. The summed E-state index contributed by atoms with van der Waals surface area (Å²) in [5.41, 5.74) is 1.38. The molecule has 30 heavy (non-hydrogen) atoms. The number of piperazine rings is 1. The minimum Gasteiger partial charge on any atom is -0.355 e. The fourth-order valence-electron chi connectivity index (χ4n) is 4.62. The summed E-state index contributed by atoms with van der Waals surface area (Å²) in [5.74, 6) is 0.873. The number of halogens is 1. The molecule has 2 aliphatic heterocycles. The monoisotopic (exact) mass is 549 g/mol. The molecule has 0 spiro atoms. The topological polar surface area (TPSA) is 68.2 Å². The van der Waals surface area contributed by atoms with Crippen molar-refractivity contribution in [3.05, 3.63) is 35.9 Å². The molecule has 7 nitrogen and oxygen atoms in total. The highest BCUT2D eigenvalue weighted by molar-refractivity contribution is 14.0. The van der Waals surface area contributed by atoms with E-state index >= 15 is 0 Å². The predicted molar refractivity (Wildman–Crippen MR) is 134 cm³/mol. The first kappa shape index (κ1) is 25.4. The number of guanidine groups is 1. The molecule has 2 atom stereocenters. The van der Waals surface area contributed by atoms with Crippen molar-refractivity contribution in [1.29, 1.82) is 0 Å². The molecular weight excluding hydrogens is 513 g/mol. The van der Waals surface area contributed by atoms with Gasteiger partial charge in [-0.3, -0.25) is 9.89 Å². The first-order valence-electron chi connectivity index (χ1n) is 10.7. The van der Waals surface area contributed by atoms with Crippen LogP contribution in [0.25, 0.3) is 0 Å². The van der Waals surface area contributed by atoms with Gasteiger partial charge >= 0.3 is 0 Å². The van der Waals surface area contributed by atoms with E-state index in [9.17, 15) is 8.42 Å². The number of hydrogen-bond acceptors (Lipinski definition) is 4. The minimum atomic E-state index is -3.14. The van der Waals surface area contributed by atoms with E-state index in [-0.39, 0.29) is 30.0 Å². The smallest absolute Gasteiger partial charge is 0.211 e. The Hall–Kier alpha value is -0.910. The van der Waals surface area contributed by atoms with Gasteiger partial charge in [0.25, 0.3) is 0 Å². The SMILES string of the molecule is CCC(c1ccccc1)N1CCN(C(=NC)NC[C@H]2CCCN2S(C)(=O)=O)CC1.I. The van der Waals surface area contributed by atoms with Crippen molar-refractivity contribution in [3.8, 4) is 0 Å². The van der Waals surface area contributed by atoms with Crippen LogP contribution in [0.4, 0.5) is 0 Å². The molecule has 0 radical (unpaired) electrons. The molecule has 0 bridgehead atoms. The maximum absolute atomic E-state index is 12.0. The molecule has 1 unspecified atom stereocenters. The molecule has 0 aromatic heterocycles. The summed E-state index contributed by atoms with van der Waals surface area (Å²) in [7, 11) is -1.34. The van der Waals surface area contributed by atoms with E-state index in [0.717, 1.165) is 51.4 Å². The van der Waals surface area contributed by atoms with Gasteiger partial charge in [-0.25, -0.2) is 8.42 Å². The average Bonchev–Trinajstić information content (AvgIpc) is 3.20. The fourth-order valence-corrected chi connectivity index (χ4v) is 5.80. The van der Waals surface area contributed by atoms with Crippen molar-refractivity contribution < 1.29 is 8.42 Å². The van der Waals surface area contributed by atoms with E-state index in [4.69, 9.17) is 0 Å². The van der Waals surface area contributed by atoms with Gasteiger partial charge in [0, 0.05) is 58.4 Å². The normalized spacial score (nSPS) is 22.6. The number of nitrogens with zero attached hydrogens (tertiary/aromatic N) is 4. The third-order valence-corrected chi connectivity index (χ3v) is 7.42. The first-order valence-corrected chi connectivity index (χ1v) is 12.5. The van der Waals surface area contributed by atoms with E-state index in [0.29, 0.717) is 19.1 Å². The summed E-state index contributed by atoms with van der Waals surface area (Å²) in [4.78, 5) is 9.30. The molecule has 3 rings (SSSR count). The Kier molecular flexibility index (Phi) is 9.83. The van der Waals surface area contributed by atoms with E-state index in [2.05, 4.69) is 57.4 Å². The maximum atomic E-state index is 12.0. The molecule has 170 valence electrons. The average molecular weight is 550 g/mol. The highest BCUT2D eigenvalue weighted by atomic mass is 127. The summed E-state index contributed by atoms with van der Waals surface area (Å²) in [6, 6.07) is 11.2. The highest BCUT2D eigenvalue weighted by Crippen LogP contribution is 2.25. The van der Waals surface area contributed by atoms with Gasteiger partial charge in [-0.1, -0.05) is 37.3 Å². The van der Waals surface area contributed by atoms with Crippen molar-refractivity contribution in [2.24, 2.45) is 4.99 Å². The van der Waals surface area contributed by atoms with Gasteiger partial charge in [-0.2, -0.15) is 4.31 Å². The van der Waals surface area contributed by atoms with Crippen LogP contribution in [0.3, 0.4) is 0 Å². The Balaban J connectivity index is 0.00000320. The Morgan fingerprint density at radius 1 is 1.17 bits per heavy atom. The van der Waals surface area contributed by atoms with Gasteiger partial charge in [0.2, 0.25) is 10.0 Å². The van der Waals surface area contributed by atoms with E-state index in [1.165, 1.54) is 11.8 Å². The molecule has 9 heteroatoms. The van der Waals surface area contributed by atoms with E-state index in [1.807, 2.05) is 0 Å². The minimum absolute atomic E-state index is 0. The molecule has 1 N–H and O–H groups in total. The highest BCUT2D eigenvalue weighted by Gasteiger charge is 2.32. The molecule has 0 aliphatic carbocycles. The van der Waals surface area contributed by atoms with Crippen LogP contribution in [0, 0.1) is 0 Å². The van der Waals surface area contributed by atoms with Crippen LogP contribution < -0.4 is 5.32 Å². The molecule has 1 aromatic carbocycles. The zero-order chi connectivity index (χ0) is 20.9. The van der Waals surface area contributed by atoms with E-state index in [1.54, 1.807) is 11.4 Å². The summed E-state index contributed by atoms with van der Waals surface area (Å²) < 4.78 is 25.5. The van der Waals surface area contributed by atoms with Crippen molar-refractivity contribution in [2.45, 2.75) is 38.3 Å². The third-order valence-electron chi connectivity index (χ3n) is 6.08. The van der Waals surface area contributed by atoms with Crippen molar-refractivity contribution in [1.82, 2.24) is 19.4 Å². The Morgan fingerprint density at radius 3 is 2.40 bits per heavy atom. The molecule has 2 fully saturated rings. The summed E-state index contributed by atoms with van der Waals surface area (Å²) in [6.45, 7) is 7.31. The Bertz CT molecular complexity index is 782. The number of nitrogens with one attached hydrogen (secondary N) is 1. The van der Waals surface area contributed by atoms with Crippen molar-refractivity contribution >= 4 is 40.0 Å². The van der Waals surface area contributed by atoms with Gasteiger partial charge < -0.3 is 10.2 Å². The van der Waals surface area contributed by atoms with Crippen LogP contribution in [0.15, 0.2) is 35.3 Å². The molecule has 2 saturated heterocycles. The van der Waals surface area contributed by atoms with Crippen LogP contribution in [0.5, 0.6) is 0 Å². The second kappa shape index (κ2) is 11.6. The van der Waals surface area contributed by atoms with Crippen LogP contribution in [-0.4, -0.2) is 87.1 Å². The number of rotatable bonds is 6. The number of benzene rings is 1. The fraction of sp³-hybridized carbons (Fsp3) is 0.667. The summed E-state index contributed by atoms with van der Waals surface area (Å²) in [6.07, 6.45) is 4.23. The van der Waals surface area contributed by atoms with Gasteiger partial charge in [0.05, 0.1) is 6.26 Å². The van der Waals surface area contributed by atoms with Crippen LogP contribution in [0.1, 0.15) is 37.8 Å². The molecule has 2 aliphatic rings. The predicted octanol–water partition coefficient (Wildman–Crippen LogP) is 2.37. The van der Waals surface area contributed by atoms with Crippen molar-refractivity contribution in [3.63, 3.8) is 0 Å². The van der Waals surface area contributed by atoms with Gasteiger partial charge in [-0.15, -0.1) is 24.0 Å². The van der Waals surface area contributed by atoms with Crippen LogP contribution in [-0.2, 0) is 10.0 Å². The largest absolute Gasteiger partial charge is 0.355 e. The lowest BCUT2D eigenvalue weighted by Crippen LogP contribution is -2.54. The molecule has 0 saturated carbocycles. The standard InChI is InChI=1S/C21H35N5O2S.HI/c1-4-20(18-9-6-5-7-10-18)24-13-15-25(16-14-24)21(22-2)23-17-19-11-8-12-26(19)29(3,27)28;/h5-7,9-10,19-20H,4,8,11-17H2,1-3H3,(H,22,23);1H/t19-,20?;/m1./s1. The van der Waals surface area contributed by atoms with Crippen LogP contribution in [0.2, 0.25) is 0 Å². The molecule has 1 aromatic rings. The van der Waals surface area contributed by atoms with Crippen molar-refractivity contribution in [2.75, 3.05) is 52.6 Å². The Morgan fingerprint density at radius 2 is 1.83 bits per heavy atom. The zero-order valence-electron chi connectivity index (χ0n) is 18.3. The zero-order valence-corrected chi connectivity index (χ0v) is 21.5. The van der Waals surface area contributed by atoms with E-state index < -0.39 is 10.0 Å². The summed E-state index contributed by atoms with van der Waals surface area (Å²) >= 11 is 0. The lowest BCUT2D eigenvalue weighted by molar-refractivity contribution is 0.126. The van der Waals surface area contributed by atoms with Gasteiger partial charge in [-0.05, 0) is 24.8 Å². The second-order valence-corrected chi connectivity index (χ2v) is 9.89. The Labute approximate surface area is 199 Å². The molecule has 2 heterocycles. The lowest BCUT2D eigenvalue weighted by Gasteiger charge is -2.40. The first-order chi connectivity index (χ1) is 13.9.